The second kappa shape index (κ2) is 6.60. The number of nitrogens with one attached hydrogen (secondary N) is 1. The molecule has 3 aromatic rings. The summed E-state index contributed by atoms with van der Waals surface area (Å²) in [5.74, 6) is -0.638. The van der Waals surface area contributed by atoms with Crippen LogP contribution in [-0.4, -0.2) is 28.9 Å². The van der Waals surface area contributed by atoms with Gasteiger partial charge in [0, 0.05) is 29.9 Å². The number of nitrogens with zero attached hydrogens (tertiary/aromatic N) is 1. The molecule has 2 aromatic carbocycles. The van der Waals surface area contributed by atoms with Gasteiger partial charge in [-0.2, -0.15) is 0 Å². The van der Waals surface area contributed by atoms with Gasteiger partial charge >= 0.3 is 6.03 Å². The summed E-state index contributed by atoms with van der Waals surface area (Å²) in [6.45, 7) is 0. The second-order valence-corrected chi connectivity index (χ2v) is 5.72. The quantitative estimate of drug-likeness (QED) is 0.768. The molecule has 25 heavy (non-hydrogen) atoms. The molecule has 6 heteroatoms. The summed E-state index contributed by atoms with van der Waals surface area (Å²) in [5.41, 5.74) is 6.77. The van der Waals surface area contributed by atoms with Gasteiger partial charge < -0.3 is 10.7 Å². The Kier molecular flexibility index (Phi) is 4.35. The average molecular weight is 335 g/mol. The Labute approximate surface area is 143 Å². The van der Waals surface area contributed by atoms with Crippen LogP contribution in [0.3, 0.4) is 0 Å². The Morgan fingerprint density at radius 1 is 1.04 bits per heavy atom. The molecule has 0 aliphatic carbocycles. The van der Waals surface area contributed by atoms with Gasteiger partial charge in [0.05, 0.1) is 0 Å². The molecule has 6 nitrogen and oxygen atoms in total. The molecular formula is C19H17N3O3. The van der Waals surface area contributed by atoms with E-state index in [0.717, 1.165) is 10.5 Å². The first-order valence-corrected chi connectivity index (χ1v) is 7.74. The molecule has 126 valence electrons. The Morgan fingerprint density at radius 3 is 2.36 bits per heavy atom. The molecule has 1 heterocycles. The lowest BCUT2D eigenvalue weighted by Crippen LogP contribution is -2.39. The molecule has 0 fully saturated rings. The van der Waals surface area contributed by atoms with Crippen molar-refractivity contribution in [3.8, 4) is 0 Å². The van der Waals surface area contributed by atoms with Crippen LogP contribution in [0.15, 0.2) is 59.4 Å². The van der Waals surface area contributed by atoms with Gasteiger partial charge in [0.1, 0.15) is 5.69 Å². The van der Waals surface area contributed by atoms with E-state index in [9.17, 15) is 14.4 Å². The van der Waals surface area contributed by atoms with E-state index < -0.39 is 11.9 Å². The van der Waals surface area contributed by atoms with Crippen molar-refractivity contribution in [1.29, 1.82) is 0 Å². The number of rotatable bonds is 3. The predicted molar refractivity (Wildman–Crippen MR) is 95.5 cm³/mol. The van der Waals surface area contributed by atoms with Gasteiger partial charge in [-0.3, -0.25) is 14.5 Å². The van der Waals surface area contributed by atoms with Gasteiger partial charge in [-0.05, 0) is 17.7 Å². The summed E-state index contributed by atoms with van der Waals surface area (Å²) in [5, 5.41) is 0.492. The van der Waals surface area contributed by atoms with E-state index in [1.165, 1.54) is 7.05 Å². The van der Waals surface area contributed by atoms with Gasteiger partial charge in [-0.25, -0.2) is 4.79 Å². The van der Waals surface area contributed by atoms with E-state index in [-0.39, 0.29) is 17.5 Å². The highest BCUT2D eigenvalue weighted by Gasteiger charge is 2.23. The first-order valence-electron chi connectivity index (χ1n) is 7.74. The molecule has 0 saturated heterocycles. The standard InChI is InChI=1S/C19H17N3O3/c1-22(19(20)25)18(24)16-14(11-12-7-3-2-4-8-12)17(23)13-9-5-6-10-15(13)21-16/h2-10H,11H2,1H3,(H2,20,25)(H,21,23). The van der Waals surface area contributed by atoms with Crippen molar-refractivity contribution in [3.63, 3.8) is 0 Å². The number of benzene rings is 2. The molecule has 3 amide bonds. The van der Waals surface area contributed by atoms with Crippen molar-refractivity contribution >= 4 is 22.8 Å². The summed E-state index contributed by atoms with van der Waals surface area (Å²) in [7, 11) is 1.28. The second-order valence-electron chi connectivity index (χ2n) is 5.72. The van der Waals surface area contributed by atoms with Gasteiger partial charge in [0.25, 0.3) is 5.91 Å². The number of urea groups is 1. The van der Waals surface area contributed by atoms with Gasteiger partial charge in [0.15, 0.2) is 5.43 Å². The number of aromatic nitrogens is 1. The zero-order valence-corrected chi connectivity index (χ0v) is 13.7. The van der Waals surface area contributed by atoms with Crippen LogP contribution in [0.1, 0.15) is 21.6 Å². The topological polar surface area (TPSA) is 96.3 Å². The number of imide groups is 1. The smallest absolute Gasteiger partial charge is 0.321 e. The number of carbonyl (C=O) groups is 2. The van der Waals surface area contributed by atoms with E-state index in [4.69, 9.17) is 5.73 Å². The number of carbonyl (C=O) groups excluding carboxylic acids is 2. The van der Waals surface area contributed by atoms with Crippen LogP contribution in [0.25, 0.3) is 10.9 Å². The molecule has 0 bridgehead atoms. The molecule has 3 N–H and O–H groups in total. The Hall–Kier alpha value is -3.41. The number of para-hydroxylation sites is 1. The summed E-state index contributed by atoms with van der Waals surface area (Å²) < 4.78 is 0. The van der Waals surface area contributed by atoms with Crippen LogP contribution in [0, 0.1) is 0 Å². The molecular weight excluding hydrogens is 318 g/mol. The van der Waals surface area contributed by atoms with Gasteiger partial charge in [0.2, 0.25) is 0 Å². The minimum Gasteiger partial charge on any atom is -0.351 e. The number of hydrogen-bond donors (Lipinski definition) is 2. The summed E-state index contributed by atoms with van der Waals surface area (Å²) in [6.07, 6.45) is 0.273. The third-order valence-electron chi connectivity index (χ3n) is 4.08. The normalized spacial score (nSPS) is 10.6. The number of hydrogen-bond acceptors (Lipinski definition) is 3. The molecule has 0 unspecified atom stereocenters. The minimum atomic E-state index is -0.885. The minimum absolute atomic E-state index is 0.0776. The highest BCUT2D eigenvalue weighted by molar-refractivity contribution is 6.04. The molecule has 0 aliphatic rings. The molecule has 3 rings (SSSR count). The zero-order valence-electron chi connectivity index (χ0n) is 13.7. The number of amides is 3. The lowest BCUT2D eigenvalue weighted by molar-refractivity contribution is 0.0832. The van der Waals surface area contributed by atoms with Crippen LogP contribution in [0.4, 0.5) is 4.79 Å². The van der Waals surface area contributed by atoms with Gasteiger partial charge in [-0.15, -0.1) is 0 Å². The number of pyridine rings is 1. The molecule has 0 radical (unpaired) electrons. The van der Waals surface area contributed by atoms with E-state index in [2.05, 4.69) is 4.98 Å². The highest BCUT2D eigenvalue weighted by Crippen LogP contribution is 2.16. The van der Waals surface area contributed by atoms with E-state index in [1.54, 1.807) is 24.3 Å². The molecule has 0 spiro atoms. The average Bonchev–Trinajstić information content (AvgIpc) is 2.63. The van der Waals surface area contributed by atoms with E-state index >= 15 is 0 Å². The van der Waals surface area contributed by atoms with Crippen molar-refractivity contribution in [2.45, 2.75) is 6.42 Å². The van der Waals surface area contributed by atoms with Crippen LogP contribution in [0.5, 0.6) is 0 Å². The number of fused-ring (bicyclic) bond motifs is 1. The molecule has 0 saturated carbocycles. The lowest BCUT2D eigenvalue weighted by atomic mass is 10.00. The fraction of sp³-hybridized carbons (Fsp3) is 0.105. The van der Waals surface area contributed by atoms with Crippen molar-refractivity contribution in [3.05, 3.63) is 81.6 Å². The maximum atomic E-state index is 12.9. The molecule has 0 atom stereocenters. The fourth-order valence-corrected chi connectivity index (χ4v) is 2.70. The predicted octanol–water partition coefficient (Wildman–Crippen LogP) is 2.27. The summed E-state index contributed by atoms with van der Waals surface area (Å²) in [4.78, 5) is 40.7. The first kappa shape index (κ1) is 16.4. The summed E-state index contributed by atoms with van der Waals surface area (Å²) in [6, 6.07) is 15.4. The van der Waals surface area contributed by atoms with Crippen LogP contribution in [0.2, 0.25) is 0 Å². The highest BCUT2D eigenvalue weighted by atomic mass is 16.2. The molecule has 0 aliphatic heterocycles. The monoisotopic (exact) mass is 335 g/mol. The third kappa shape index (κ3) is 3.14. The first-order chi connectivity index (χ1) is 12.0. The van der Waals surface area contributed by atoms with Crippen LogP contribution < -0.4 is 11.2 Å². The number of primary amides is 1. The maximum absolute atomic E-state index is 12.9. The van der Waals surface area contributed by atoms with Crippen molar-refractivity contribution < 1.29 is 9.59 Å². The SMILES string of the molecule is CN(C(N)=O)C(=O)c1[nH]c2ccccc2c(=O)c1Cc1ccccc1. The number of H-pyrrole nitrogens is 1. The zero-order chi connectivity index (χ0) is 18.0. The van der Waals surface area contributed by atoms with Crippen molar-refractivity contribution in [2.24, 2.45) is 5.73 Å². The van der Waals surface area contributed by atoms with E-state index in [0.29, 0.717) is 16.5 Å². The van der Waals surface area contributed by atoms with Crippen LogP contribution in [-0.2, 0) is 6.42 Å². The number of nitrogens with two attached hydrogens (primary N) is 1. The number of aromatic amines is 1. The largest absolute Gasteiger partial charge is 0.351 e. The fourth-order valence-electron chi connectivity index (χ4n) is 2.70. The van der Waals surface area contributed by atoms with Crippen molar-refractivity contribution in [2.75, 3.05) is 7.05 Å². The van der Waals surface area contributed by atoms with Crippen LogP contribution >= 0.6 is 0 Å². The lowest BCUT2D eigenvalue weighted by Gasteiger charge is -2.16. The maximum Gasteiger partial charge on any atom is 0.321 e. The van der Waals surface area contributed by atoms with Gasteiger partial charge in [-0.1, -0.05) is 42.5 Å². The Bertz CT molecular complexity index is 1010. The Morgan fingerprint density at radius 2 is 1.68 bits per heavy atom. The third-order valence-corrected chi connectivity index (χ3v) is 4.08. The summed E-state index contributed by atoms with van der Waals surface area (Å²) >= 11 is 0. The molecule has 1 aromatic heterocycles. The van der Waals surface area contributed by atoms with Crippen molar-refractivity contribution in [1.82, 2.24) is 9.88 Å². The Balaban J connectivity index is 2.22. The van der Waals surface area contributed by atoms with E-state index in [1.807, 2.05) is 30.3 Å².